The van der Waals surface area contributed by atoms with Crippen LogP contribution in [-0.2, 0) is 5.75 Å². The van der Waals surface area contributed by atoms with Crippen molar-refractivity contribution in [1.82, 2.24) is 4.98 Å². The molecule has 1 aromatic carbocycles. The van der Waals surface area contributed by atoms with E-state index in [0.717, 1.165) is 17.0 Å². The second-order valence-corrected chi connectivity index (χ2v) is 5.10. The summed E-state index contributed by atoms with van der Waals surface area (Å²) in [7, 11) is 0. The Morgan fingerprint density at radius 2 is 2.16 bits per heavy atom. The minimum Gasteiger partial charge on any atom is -0.437 e. The van der Waals surface area contributed by atoms with E-state index in [1.54, 1.807) is 6.07 Å². The maximum atomic E-state index is 13.4. The van der Waals surface area contributed by atoms with Crippen molar-refractivity contribution < 1.29 is 8.81 Å². The zero-order valence-corrected chi connectivity index (χ0v) is 11.5. The minimum absolute atomic E-state index is 0.145. The smallest absolute Gasteiger partial charge is 0.256 e. The second kappa shape index (κ2) is 5.44. The Hall–Kier alpha value is -1.82. The van der Waals surface area contributed by atoms with E-state index in [1.807, 2.05) is 13.8 Å². The third-order valence-electron chi connectivity index (χ3n) is 2.64. The van der Waals surface area contributed by atoms with E-state index in [0.29, 0.717) is 16.5 Å². The molecule has 0 spiro atoms. The monoisotopic (exact) mass is 279 g/mol. The molecule has 2 rings (SSSR count). The Labute approximate surface area is 114 Å². The average molecular weight is 279 g/mol. The Morgan fingerprint density at radius 3 is 2.74 bits per heavy atom. The predicted molar refractivity (Wildman–Crippen MR) is 73.0 cm³/mol. The Bertz CT molecular complexity index is 605. The Morgan fingerprint density at radius 1 is 1.42 bits per heavy atom. The highest BCUT2D eigenvalue weighted by Gasteiger charge is 2.08. The van der Waals surface area contributed by atoms with Crippen molar-refractivity contribution in [1.29, 1.82) is 5.41 Å². The largest absolute Gasteiger partial charge is 0.437 e. The highest BCUT2D eigenvalue weighted by atomic mass is 32.2. The minimum atomic E-state index is -0.400. The molecule has 0 bridgehead atoms. The maximum Gasteiger partial charge on any atom is 0.256 e. The van der Waals surface area contributed by atoms with Crippen LogP contribution in [0.5, 0.6) is 0 Å². The lowest BCUT2D eigenvalue weighted by Crippen LogP contribution is -2.11. The number of rotatable bonds is 4. The van der Waals surface area contributed by atoms with E-state index in [4.69, 9.17) is 15.6 Å². The number of aryl methyl sites for hydroxylation is 2. The molecule has 0 aliphatic heterocycles. The normalized spacial score (nSPS) is 10.7. The van der Waals surface area contributed by atoms with Gasteiger partial charge in [-0.3, -0.25) is 5.41 Å². The fraction of sp³-hybridized carbons (Fsp3) is 0.231. The number of hydrogen-bond donors (Lipinski definition) is 2. The van der Waals surface area contributed by atoms with Crippen molar-refractivity contribution in [2.75, 3.05) is 0 Å². The van der Waals surface area contributed by atoms with Gasteiger partial charge in [0.15, 0.2) is 0 Å². The summed E-state index contributed by atoms with van der Waals surface area (Å²) in [5.74, 6) is 0.750. The lowest BCUT2D eigenvalue weighted by Gasteiger charge is -2.03. The van der Waals surface area contributed by atoms with Crippen molar-refractivity contribution in [3.8, 4) is 0 Å². The van der Waals surface area contributed by atoms with Crippen LogP contribution < -0.4 is 5.73 Å². The average Bonchev–Trinajstić information content (AvgIpc) is 2.65. The summed E-state index contributed by atoms with van der Waals surface area (Å²) in [6.45, 7) is 3.72. The van der Waals surface area contributed by atoms with E-state index in [1.165, 1.54) is 23.9 Å². The third-order valence-corrected chi connectivity index (χ3v) is 3.54. The number of halogens is 1. The first-order chi connectivity index (χ1) is 8.95. The molecule has 2 aromatic rings. The summed E-state index contributed by atoms with van der Waals surface area (Å²) in [6.07, 6.45) is 0. The summed E-state index contributed by atoms with van der Waals surface area (Å²) < 4.78 is 18.8. The van der Waals surface area contributed by atoms with Gasteiger partial charge in [-0.25, -0.2) is 9.37 Å². The van der Waals surface area contributed by atoms with Gasteiger partial charge in [0.1, 0.15) is 17.4 Å². The molecular weight excluding hydrogens is 265 g/mol. The number of hydrogen-bond acceptors (Lipinski definition) is 4. The van der Waals surface area contributed by atoms with Crippen LogP contribution in [-0.4, -0.2) is 10.8 Å². The molecule has 0 saturated heterocycles. The van der Waals surface area contributed by atoms with Crippen LogP contribution in [0, 0.1) is 25.1 Å². The molecule has 100 valence electrons. The zero-order chi connectivity index (χ0) is 14.0. The van der Waals surface area contributed by atoms with E-state index < -0.39 is 5.82 Å². The Kier molecular flexibility index (Phi) is 3.90. The van der Waals surface area contributed by atoms with Gasteiger partial charge >= 0.3 is 0 Å². The maximum absolute atomic E-state index is 13.4. The number of nitrogens with one attached hydrogen (secondary N) is 1. The van der Waals surface area contributed by atoms with Gasteiger partial charge in [0.25, 0.3) is 5.22 Å². The van der Waals surface area contributed by atoms with Gasteiger partial charge in [0, 0.05) is 11.3 Å². The molecule has 0 unspecified atom stereocenters. The molecule has 0 fully saturated rings. The standard InChI is InChI=1S/C13H14FN3OS/c1-7-8(2)18-13(17-7)19-6-9-3-10(12(15)16)5-11(14)4-9/h3-5H,6H2,1-2H3,(H3,15,16). The van der Waals surface area contributed by atoms with Crippen LogP contribution >= 0.6 is 11.8 Å². The second-order valence-electron chi connectivity index (χ2n) is 4.17. The number of amidine groups is 1. The van der Waals surface area contributed by atoms with Crippen LogP contribution in [0.15, 0.2) is 27.8 Å². The molecule has 0 saturated carbocycles. The SMILES string of the molecule is Cc1nc(SCc2cc(F)cc(C(=N)N)c2)oc1C. The van der Waals surface area contributed by atoms with Gasteiger partial charge in [0.05, 0.1) is 5.69 Å². The van der Waals surface area contributed by atoms with Gasteiger partial charge in [-0.2, -0.15) is 0 Å². The predicted octanol–water partition coefficient (Wildman–Crippen LogP) is 3.01. The number of aromatic nitrogens is 1. The first-order valence-corrected chi connectivity index (χ1v) is 6.65. The molecule has 1 aromatic heterocycles. The molecule has 0 radical (unpaired) electrons. The van der Waals surface area contributed by atoms with Gasteiger partial charge < -0.3 is 10.2 Å². The number of benzene rings is 1. The molecule has 0 amide bonds. The van der Waals surface area contributed by atoms with Crippen LogP contribution in [0.25, 0.3) is 0 Å². The lowest BCUT2D eigenvalue weighted by atomic mass is 10.1. The quantitative estimate of drug-likeness (QED) is 0.512. The summed E-state index contributed by atoms with van der Waals surface area (Å²) >= 11 is 1.38. The zero-order valence-electron chi connectivity index (χ0n) is 10.7. The number of thioether (sulfide) groups is 1. The molecule has 0 aliphatic rings. The van der Waals surface area contributed by atoms with Crippen LogP contribution in [0.2, 0.25) is 0 Å². The van der Waals surface area contributed by atoms with Crippen LogP contribution in [0.3, 0.4) is 0 Å². The molecule has 4 nitrogen and oxygen atoms in total. The van der Waals surface area contributed by atoms with E-state index in [2.05, 4.69) is 4.98 Å². The third kappa shape index (κ3) is 3.35. The molecule has 1 heterocycles. The summed E-state index contributed by atoms with van der Waals surface area (Å²) in [5.41, 5.74) is 7.34. The topological polar surface area (TPSA) is 75.9 Å². The van der Waals surface area contributed by atoms with E-state index in [-0.39, 0.29) is 5.84 Å². The summed E-state index contributed by atoms with van der Waals surface area (Å²) in [6, 6.07) is 4.36. The molecular formula is C13H14FN3OS. The molecule has 0 atom stereocenters. The van der Waals surface area contributed by atoms with Crippen LogP contribution in [0.4, 0.5) is 4.39 Å². The highest BCUT2D eigenvalue weighted by Crippen LogP contribution is 2.24. The van der Waals surface area contributed by atoms with Crippen molar-refractivity contribution in [3.05, 3.63) is 46.6 Å². The summed E-state index contributed by atoms with van der Waals surface area (Å²) in [5, 5.41) is 7.89. The molecule has 3 N–H and O–H groups in total. The number of oxazole rings is 1. The van der Waals surface area contributed by atoms with E-state index in [9.17, 15) is 4.39 Å². The summed E-state index contributed by atoms with van der Waals surface area (Å²) in [4.78, 5) is 4.24. The van der Waals surface area contributed by atoms with Gasteiger partial charge in [-0.1, -0.05) is 11.8 Å². The Balaban J connectivity index is 2.13. The van der Waals surface area contributed by atoms with E-state index >= 15 is 0 Å². The first-order valence-electron chi connectivity index (χ1n) is 5.66. The number of nitrogens with two attached hydrogens (primary N) is 1. The number of nitrogens with zero attached hydrogens (tertiary/aromatic N) is 1. The lowest BCUT2D eigenvalue weighted by molar-refractivity contribution is 0.431. The fourth-order valence-corrected chi connectivity index (χ4v) is 2.38. The fourth-order valence-electron chi connectivity index (χ4n) is 1.54. The van der Waals surface area contributed by atoms with Crippen molar-refractivity contribution in [2.45, 2.75) is 24.8 Å². The van der Waals surface area contributed by atoms with Crippen LogP contribution in [0.1, 0.15) is 22.6 Å². The molecule has 0 aliphatic carbocycles. The number of nitrogen functional groups attached to an aromatic ring is 1. The van der Waals surface area contributed by atoms with Gasteiger partial charge in [-0.15, -0.1) is 0 Å². The van der Waals surface area contributed by atoms with Crippen molar-refractivity contribution >= 4 is 17.6 Å². The van der Waals surface area contributed by atoms with Crippen molar-refractivity contribution in [2.24, 2.45) is 5.73 Å². The molecule has 19 heavy (non-hydrogen) atoms. The van der Waals surface area contributed by atoms with Gasteiger partial charge in [0.2, 0.25) is 0 Å². The molecule has 6 heteroatoms. The van der Waals surface area contributed by atoms with Crippen molar-refractivity contribution in [3.63, 3.8) is 0 Å². The van der Waals surface area contributed by atoms with Gasteiger partial charge in [-0.05, 0) is 37.6 Å². The highest BCUT2D eigenvalue weighted by molar-refractivity contribution is 7.98. The first kappa shape index (κ1) is 13.6.